The van der Waals surface area contributed by atoms with Gasteiger partial charge >= 0.3 is 12.0 Å². The Morgan fingerprint density at radius 3 is 2.50 bits per heavy atom. The number of carbonyl (C=O) groups excluding carboxylic acids is 4. The molecule has 24 heavy (non-hydrogen) atoms. The second kappa shape index (κ2) is 7.27. The summed E-state index contributed by atoms with van der Waals surface area (Å²) in [5.74, 6) is -1.48. The number of primary amides is 1. The first kappa shape index (κ1) is 17.0. The van der Waals surface area contributed by atoms with Gasteiger partial charge in [0.25, 0.3) is 11.8 Å². The number of carbonyl (C=O) groups is 4. The minimum atomic E-state index is -0.698. The molecule has 1 heterocycles. The van der Waals surface area contributed by atoms with Gasteiger partial charge in [0.1, 0.15) is 18.0 Å². The lowest BCUT2D eigenvalue weighted by Crippen LogP contribution is -2.36. The number of nitrogens with one attached hydrogen (secondary N) is 1. The van der Waals surface area contributed by atoms with Crippen molar-refractivity contribution in [3.8, 4) is 5.75 Å². The Kier molecular flexibility index (Phi) is 5.15. The van der Waals surface area contributed by atoms with E-state index in [0.717, 1.165) is 4.90 Å². The lowest BCUT2D eigenvalue weighted by Gasteiger charge is -2.09. The van der Waals surface area contributed by atoms with Gasteiger partial charge in [0.15, 0.2) is 6.61 Å². The average Bonchev–Trinajstić information content (AvgIpc) is 2.81. The van der Waals surface area contributed by atoms with E-state index < -0.39 is 30.4 Å². The van der Waals surface area contributed by atoms with Crippen molar-refractivity contribution in [2.75, 3.05) is 20.3 Å². The van der Waals surface area contributed by atoms with Gasteiger partial charge in [-0.25, -0.2) is 9.69 Å². The van der Waals surface area contributed by atoms with E-state index in [1.807, 2.05) is 0 Å². The highest BCUT2D eigenvalue weighted by Gasteiger charge is 2.35. The number of nitrogens with zero attached hydrogens (tertiary/aromatic N) is 1. The molecule has 0 unspecified atom stereocenters. The van der Waals surface area contributed by atoms with Crippen molar-refractivity contribution in [1.29, 1.82) is 0 Å². The molecule has 0 aromatic heterocycles. The van der Waals surface area contributed by atoms with E-state index >= 15 is 0 Å². The first-order valence-electron chi connectivity index (χ1n) is 6.83. The van der Waals surface area contributed by atoms with E-state index in [1.54, 1.807) is 24.3 Å². The number of rotatable bonds is 6. The predicted octanol–water partition coefficient (Wildman–Crippen LogP) is -0.384. The van der Waals surface area contributed by atoms with Crippen molar-refractivity contribution in [2.24, 2.45) is 5.73 Å². The fourth-order valence-corrected chi connectivity index (χ4v) is 1.89. The third kappa shape index (κ3) is 4.09. The monoisotopic (exact) mass is 333 g/mol. The fourth-order valence-electron chi connectivity index (χ4n) is 1.89. The molecule has 0 atom stereocenters. The van der Waals surface area contributed by atoms with Gasteiger partial charge in [-0.2, -0.15) is 0 Å². The minimum absolute atomic E-state index is 0.0368. The van der Waals surface area contributed by atoms with E-state index in [4.69, 9.17) is 10.5 Å². The van der Waals surface area contributed by atoms with Crippen molar-refractivity contribution < 1.29 is 28.7 Å². The standard InChI is InChI=1S/C15H15N3O6/c1-23-13(20)7-18-14(21)11(17-15(18)22)6-9-2-4-10(5-3-9)24-8-12(16)19/h2-6H,7-8H2,1H3,(H2,16,19)(H,17,22). The normalized spacial score (nSPS) is 15.4. The van der Waals surface area contributed by atoms with Gasteiger partial charge in [0.2, 0.25) is 0 Å². The summed E-state index contributed by atoms with van der Waals surface area (Å²) in [6.07, 6.45) is 1.45. The number of amides is 4. The summed E-state index contributed by atoms with van der Waals surface area (Å²) in [4.78, 5) is 46.4. The van der Waals surface area contributed by atoms with Crippen LogP contribution in [0.5, 0.6) is 5.75 Å². The zero-order valence-corrected chi connectivity index (χ0v) is 12.8. The van der Waals surface area contributed by atoms with Crippen molar-refractivity contribution in [3.05, 3.63) is 35.5 Å². The smallest absolute Gasteiger partial charge is 0.329 e. The molecule has 126 valence electrons. The van der Waals surface area contributed by atoms with Crippen molar-refractivity contribution >= 4 is 29.9 Å². The van der Waals surface area contributed by atoms with Gasteiger partial charge in [-0.05, 0) is 23.8 Å². The molecule has 2 rings (SSSR count). The molecule has 9 heteroatoms. The van der Waals surface area contributed by atoms with Crippen LogP contribution in [0.4, 0.5) is 4.79 Å². The Bertz CT molecular complexity index is 710. The summed E-state index contributed by atoms with van der Waals surface area (Å²) in [7, 11) is 1.17. The quantitative estimate of drug-likeness (QED) is 0.415. The van der Waals surface area contributed by atoms with Crippen LogP contribution < -0.4 is 15.8 Å². The first-order chi connectivity index (χ1) is 11.4. The molecule has 0 bridgehead atoms. The lowest BCUT2D eigenvalue weighted by atomic mass is 10.2. The fraction of sp³-hybridized carbons (Fsp3) is 0.200. The molecule has 1 saturated heterocycles. The zero-order valence-electron chi connectivity index (χ0n) is 12.8. The third-order valence-corrected chi connectivity index (χ3v) is 3.05. The highest BCUT2D eigenvalue weighted by molar-refractivity contribution is 6.15. The number of methoxy groups -OCH3 is 1. The van der Waals surface area contributed by atoms with Gasteiger partial charge < -0.3 is 20.5 Å². The van der Waals surface area contributed by atoms with Gasteiger partial charge in [-0.1, -0.05) is 12.1 Å². The van der Waals surface area contributed by atoms with Crippen LogP contribution in [0.3, 0.4) is 0 Å². The summed E-state index contributed by atoms with van der Waals surface area (Å²) in [6.45, 7) is -0.699. The number of imide groups is 1. The topological polar surface area (TPSA) is 128 Å². The van der Waals surface area contributed by atoms with Gasteiger partial charge in [0, 0.05) is 0 Å². The Morgan fingerprint density at radius 2 is 1.92 bits per heavy atom. The molecule has 9 nitrogen and oxygen atoms in total. The Balaban J connectivity index is 2.08. The van der Waals surface area contributed by atoms with Crippen LogP contribution in [-0.4, -0.2) is 49.0 Å². The molecule has 1 aliphatic heterocycles. The molecular formula is C15H15N3O6. The summed E-state index contributed by atoms with van der Waals surface area (Å²) >= 11 is 0. The number of esters is 1. The molecular weight excluding hydrogens is 318 g/mol. The second-order valence-electron chi connectivity index (χ2n) is 4.78. The van der Waals surface area contributed by atoms with E-state index in [-0.39, 0.29) is 12.3 Å². The van der Waals surface area contributed by atoms with Crippen LogP contribution >= 0.6 is 0 Å². The summed E-state index contributed by atoms with van der Waals surface area (Å²) in [6, 6.07) is 5.74. The largest absolute Gasteiger partial charge is 0.484 e. The number of benzene rings is 1. The second-order valence-corrected chi connectivity index (χ2v) is 4.78. The Labute approximate surface area is 137 Å². The molecule has 0 aliphatic carbocycles. The third-order valence-electron chi connectivity index (χ3n) is 3.05. The Hall–Kier alpha value is -3.36. The number of hydrogen-bond acceptors (Lipinski definition) is 6. The van der Waals surface area contributed by atoms with Crippen LogP contribution in [-0.2, 0) is 19.1 Å². The maximum Gasteiger partial charge on any atom is 0.329 e. The van der Waals surface area contributed by atoms with Crippen molar-refractivity contribution in [2.45, 2.75) is 0 Å². The summed E-state index contributed by atoms with van der Waals surface area (Å²) in [5, 5.41) is 2.38. The van der Waals surface area contributed by atoms with Gasteiger partial charge in [-0.3, -0.25) is 14.4 Å². The molecule has 1 aliphatic rings. The average molecular weight is 333 g/mol. The predicted molar refractivity (Wildman–Crippen MR) is 81.4 cm³/mol. The summed E-state index contributed by atoms with van der Waals surface area (Å²) < 4.78 is 9.55. The number of nitrogens with two attached hydrogens (primary N) is 1. The number of hydrogen-bond donors (Lipinski definition) is 2. The molecule has 1 aromatic carbocycles. The first-order valence-corrected chi connectivity index (χ1v) is 6.83. The number of ether oxygens (including phenoxy) is 2. The highest BCUT2D eigenvalue weighted by Crippen LogP contribution is 2.17. The molecule has 3 N–H and O–H groups in total. The number of urea groups is 1. The van der Waals surface area contributed by atoms with Crippen LogP contribution in [0.1, 0.15) is 5.56 Å². The molecule has 1 fully saturated rings. The maximum absolute atomic E-state index is 12.1. The van der Waals surface area contributed by atoms with Crippen molar-refractivity contribution in [1.82, 2.24) is 10.2 Å². The van der Waals surface area contributed by atoms with Crippen LogP contribution in [0.15, 0.2) is 30.0 Å². The van der Waals surface area contributed by atoms with Crippen molar-refractivity contribution in [3.63, 3.8) is 0 Å². The van der Waals surface area contributed by atoms with Gasteiger partial charge in [0.05, 0.1) is 7.11 Å². The SMILES string of the molecule is COC(=O)CN1C(=O)NC(=Cc2ccc(OCC(N)=O)cc2)C1=O. The van der Waals surface area contributed by atoms with E-state index in [2.05, 4.69) is 10.1 Å². The molecule has 0 radical (unpaired) electrons. The van der Waals surface area contributed by atoms with Crippen LogP contribution in [0.2, 0.25) is 0 Å². The maximum atomic E-state index is 12.1. The zero-order chi connectivity index (χ0) is 17.7. The Morgan fingerprint density at radius 1 is 1.25 bits per heavy atom. The van der Waals surface area contributed by atoms with Crippen LogP contribution in [0.25, 0.3) is 6.08 Å². The van der Waals surface area contributed by atoms with E-state index in [9.17, 15) is 19.2 Å². The molecule has 1 aromatic rings. The molecule has 0 saturated carbocycles. The highest BCUT2D eigenvalue weighted by atomic mass is 16.5. The summed E-state index contributed by atoms with van der Waals surface area (Å²) in [5.41, 5.74) is 5.63. The van der Waals surface area contributed by atoms with Crippen LogP contribution in [0, 0.1) is 0 Å². The molecule has 0 spiro atoms. The van der Waals surface area contributed by atoms with E-state index in [1.165, 1.54) is 13.2 Å². The molecule has 4 amide bonds. The minimum Gasteiger partial charge on any atom is -0.484 e. The lowest BCUT2D eigenvalue weighted by molar-refractivity contribution is -0.143. The van der Waals surface area contributed by atoms with Gasteiger partial charge in [-0.15, -0.1) is 0 Å². The van der Waals surface area contributed by atoms with E-state index in [0.29, 0.717) is 11.3 Å².